The third kappa shape index (κ3) is 2.96. The summed E-state index contributed by atoms with van der Waals surface area (Å²) in [6.45, 7) is 0. The molecule has 2 aromatic carbocycles. The number of alkyl halides is 2. The van der Waals surface area contributed by atoms with Crippen molar-refractivity contribution in [2.45, 2.75) is 10.2 Å². The summed E-state index contributed by atoms with van der Waals surface area (Å²) >= 11 is 7.13. The largest absolute Gasteiger partial charge is 0.0949 e. The Morgan fingerprint density at radius 1 is 0.812 bits per heavy atom. The molecule has 16 heavy (non-hydrogen) atoms. The van der Waals surface area contributed by atoms with Crippen LogP contribution < -0.4 is 0 Å². The summed E-state index contributed by atoms with van der Waals surface area (Å²) in [4.78, 5) is 0. The molecule has 0 radical (unpaired) electrons. The van der Waals surface area contributed by atoms with E-state index in [1.54, 1.807) is 0 Å². The zero-order valence-electron chi connectivity index (χ0n) is 8.74. The average Bonchev–Trinajstić information content (AvgIpc) is 2.31. The van der Waals surface area contributed by atoms with Crippen LogP contribution in [-0.2, 0) is 6.42 Å². The number of rotatable bonds is 3. The van der Waals surface area contributed by atoms with E-state index in [2.05, 4.69) is 80.4 Å². The Labute approximate surface area is 113 Å². The highest BCUT2D eigenvalue weighted by Gasteiger charge is 2.08. The van der Waals surface area contributed by atoms with Crippen molar-refractivity contribution in [3.63, 3.8) is 0 Å². The van der Waals surface area contributed by atoms with Gasteiger partial charge in [0.25, 0.3) is 0 Å². The highest BCUT2D eigenvalue weighted by atomic mass is 79.9. The summed E-state index contributed by atoms with van der Waals surface area (Å²) in [5.41, 5.74) is 3.99. The van der Waals surface area contributed by atoms with Crippen molar-refractivity contribution < 1.29 is 0 Å². The van der Waals surface area contributed by atoms with Crippen molar-refractivity contribution in [1.82, 2.24) is 0 Å². The second-order valence-electron chi connectivity index (χ2n) is 3.66. The summed E-state index contributed by atoms with van der Waals surface area (Å²) in [5.74, 6) is 0. The van der Waals surface area contributed by atoms with Gasteiger partial charge in [0, 0.05) is 0 Å². The zero-order valence-corrected chi connectivity index (χ0v) is 11.9. The predicted octanol–water partition coefficient (Wildman–Crippen LogP) is 5.07. The lowest BCUT2D eigenvalue weighted by Crippen LogP contribution is -1.94. The van der Waals surface area contributed by atoms with E-state index in [1.807, 2.05) is 6.07 Å². The Balaban J connectivity index is 2.28. The molecule has 0 amide bonds. The Morgan fingerprint density at radius 2 is 1.44 bits per heavy atom. The lowest BCUT2D eigenvalue weighted by atomic mass is 10.0. The van der Waals surface area contributed by atoms with Crippen LogP contribution in [0.1, 0.15) is 20.4 Å². The lowest BCUT2D eigenvalue weighted by Gasteiger charge is -2.10. The van der Waals surface area contributed by atoms with E-state index in [-0.39, 0.29) is 3.74 Å². The fraction of sp³-hybridized carbons (Fsp3) is 0.143. The Morgan fingerprint density at radius 3 is 2.12 bits per heavy atom. The van der Waals surface area contributed by atoms with Gasteiger partial charge in [0.1, 0.15) is 0 Å². The van der Waals surface area contributed by atoms with E-state index in [4.69, 9.17) is 0 Å². The van der Waals surface area contributed by atoms with Crippen molar-refractivity contribution in [3.05, 3.63) is 71.3 Å². The minimum Gasteiger partial charge on any atom is -0.0712 e. The van der Waals surface area contributed by atoms with Gasteiger partial charge in [-0.25, -0.2) is 0 Å². The smallest absolute Gasteiger partial charge is 0.0712 e. The second-order valence-corrected chi connectivity index (χ2v) is 6.72. The fourth-order valence-corrected chi connectivity index (χ4v) is 2.62. The molecule has 2 aromatic rings. The normalized spacial score (nSPS) is 10.7. The summed E-state index contributed by atoms with van der Waals surface area (Å²) in [6, 6.07) is 19.0. The van der Waals surface area contributed by atoms with Gasteiger partial charge in [-0.15, -0.1) is 0 Å². The van der Waals surface area contributed by atoms with Crippen LogP contribution in [0.25, 0.3) is 0 Å². The van der Waals surface area contributed by atoms with Gasteiger partial charge in [-0.1, -0.05) is 86.5 Å². The molecular weight excluding hydrogens is 328 g/mol. The van der Waals surface area contributed by atoms with Crippen molar-refractivity contribution in [1.29, 1.82) is 0 Å². The van der Waals surface area contributed by atoms with Gasteiger partial charge < -0.3 is 0 Å². The molecule has 0 saturated carbocycles. The van der Waals surface area contributed by atoms with Crippen LogP contribution in [0.4, 0.5) is 0 Å². The van der Waals surface area contributed by atoms with Gasteiger partial charge in [0.2, 0.25) is 0 Å². The molecule has 2 rings (SSSR count). The Hall–Kier alpha value is -0.600. The third-order valence-electron chi connectivity index (χ3n) is 2.53. The maximum Gasteiger partial charge on any atom is 0.0949 e. The van der Waals surface area contributed by atoms with Crippen LogP contribution in [0.2, 0.25) is 0 Å². The second kappa shape index (κ2) is 5.65. The maximum atomic E-state index is 3.56. The molecule has 0 heterocycles. The number of hydrogen-bond donors (Lipinski definition) is 0. The highest BCUT2D eigenvalue weighted by molar-refractivity contribution is 9.24. The minimum absolute atomic E-state index is 0.222. The van der Waals surface area contributed by atoms with Crippen LogP contribution in [-0.4, -0.2) is 0 Å². The van der Waals surface area contributed by atoms with Crippen LogP contribution in [0.15, 0.2) is 54.6 Å². The number of halogens is 2. The maximum absolute atomic E-state index is 3.56. The van der Waals surface area contributed by atoms with Crippen molar-refractivity contribution >= 4 is 31.9 Å². The first-order valence-corrected chi connectivity index (χ1v) is 7.00. The Bertz CT molecular complexity index is 449. The molecule has 82 valence electrons. The molecule has 0 fully saturated rings. The molecule has 0 nitrogen and oxygen atoms in total. The summed E-state index contributed by atoms with van der Waals surface area (Å²) in [5, 5.41) is 0. The summed E-state index contributed by atoms with van der Waals surface area (Å²) in [6.07, 6.45) is 0.977. The average molecular weight is 340 g/mol. The van der Waals surface area contributed by atoms with Crippen LogP contribution in [0.3, 0.4) is 0 Å². The molecule has 0 N–H and O–H groups in total. The minimum atomic E-state index is 0.222. The Kier molecular flexibility index (Phi) is 4.19. The van der Waals surface area contributed by atoms with Crippen LogP contribution >= 0.6 is 31.9 Å². The van der Waals surface area contributed by atoms with Crippen molar-refractivity contribution in [2.75, 3.05) is 0 Å². The van der Waals surface area contributed by atoms with Crippen molar-refractivity contribution in [2.24, 2.45) is 0 Å². The molecule has 0 aromatic heterocycles. The van der Waals surface area contributed by atoms with Crippen molar-refractivity contribution in [3.8, 4) is 0 Å². The van der Waals surface area contributed by atoms with E-state index in [0.29, 0.717) is 0 Å². The standard InChI is InChI=1S/C14H12Br2/c15-14(16)13-9-5-4-8-12(13)10-11-6-2-1-3-7-11/h1-9,14H,10H2. The zero-order chi connectivity index (χ0) is 11.4. The molecule has 0 aliphatic rings. The quantitative estimate of drug-likeness (QED) is 0.685. The fourth-order valence-electron chi connectivity index (χ4n) is 1.72. The van der Waals surface area contributed by atoms with E-state index in [0.717, 1.165) is 6.42 Å². The van der Waals surface area contributed by atoms with Gasteiger partial charge in [-0.2, -0.15) is 0 Å². The van der Waals surface area contributed by atoms with E-state index < -0.39 is 0 Å². The highest BCUT2D eigenvalue weighted by Crippen LogP contribution is 2.32. The summed E-state index contributed by atoms with van der Waals surface area (Å²) in [7, 11) is 0. The van der Waals surface area contributed by atoms with E-state index in [9.17, 15) is 0 Å². The van der Waals surface area contributed by atoms with Gasteiger partial charge in [-0.3, -0.25) is 0 Å². The van der Waals surface area contributed by atoms with Crippen LogP contribution in [0.5, 0.6) is 0 Å². The first-order chi connectivity index (χ1) is 7.77. The molecular formula is C14H12Br2. The molecule has 0 spiro atoms. The molecule has 0 bridgehead atoms. The van der Waals surface area contributed by atoms with Crippen LogP contribution in [0, 0.1) is 0 Å². The number of hydrogen-bond acceptors (Lipinski definition) is 0. The molecule has 0 aliphatic carbocycles. The van der Waals surface area contributed by atoms with E-state index in [1.165, 1.54) is 16.7 Å². The SMILES string of the molecule is BrC(Br)c1ccccc1Cc1ccccc1. The third-order valence-corrected chi connectivity index (χ3v) is 3.51. The molecule has 0 unspecified atom stereocenters. The molecule has 0 saturated heterocycles. The first-order valence-electron chi connectivity index (χ1n) is 5.17. The summed E-state index contributed by atoms with van der Waals surface area (Å²) < 4.78 is 0.222. The molecule has 2 heteroatoms. The van der Waals surface area contributed by atoms with Gasteiger partial charge >= 0.3 is 0 Å². The topological polar surface area (TPSA) is 0 Å². The van der Waals surface area contributed by atoms with E-state index >= 15 is 0 Å². The monoisotopic (exact) mass is 338 g/mol. The molecule has 0 aliphatic heterocycles. The van der Waals surface area contributed by atoms with Gasteiger partial charge in [0.05, 0.1) is 3.74 Å². The predicted molar refractivity (Wildman–Crippen MR) is 76.3 cm³/mol. The van der Waals surface area contributed by atoms with Gasteiger partial charge in [0.15, 0.2) is 0 Å². The van der Waals surface area contributed by atoms with Gasteiger partial charge in [-0.05, 0) is 23.1 Å². The number of benzene rings is 2. The first kappa shape index (κ1) is 11.9. The lowest BCUT2D eigenvalue weighted by molar-refractivity contribution is 1.15. The molecule has 0 atom stereocenters.